The van der Waals surface area contributed by atoms with Gasteiger partial charge < -0.3 is 20.1 Å². The SMILES string of the molecule is CC/C=C\C/C=C\C/C=C\C/C=C\C/C=C\C/C=C\CCC(=O)NC(CCCCNC(=O)C(C)(C)Oc1ccc(C(=O)c2ccc(Cl)cc2)cc1)C(=O)OC. The van der Waals surface area contributed by atoms with Crippen LogP contribution in [0, 0.1) is 0 Å². The van der Waals surface area contributed by atoms with Crippen molar-refractivity contribution in [3.63, 3.8) is 0 Å². The number of allylic oxidation sites excluding steroid dienone is 12. The fourth-order valence-corrected chi connectivity index (χ4v) is 5.31. The fraction of sp³-hybridized carbons (Fsp3) is 0.391. The molecule has 0 aliphatic carbocycles. The molecule has 0 saturated heterocycles. The van der Waals surface area contributed by atoms with Crippen LogP contribution < -0.4 is 15.4 Å². The molecule has 1 atom stereocenters. The van der Waals surface area contributed by atoms with E-state index < -0.39 is 17.6 Å². The zero-order valence-corrected chi connectivity index (χ0v) is 33.7. The Balaban J connectivity index is 1.62. The molecule has 9 heteroatoms. The first kappa shape index (κ1) is 46.2. The van der Waals surface area contributed by atoms with Crippen LogP contribution in [0.25, 0.3) is 0 Å². The summed E-state index contributed by atoms with van der Waals surface area (Å²) in [4.78, 5) is 50.5. The van der Waals surface area contributed by atoms with Gasteiger partial charge in [-0.1, -0.05) is 91.4 Å². The van der Waals surface area contributed by atoms with Crippen molar-refractivity contribution in [3.05, 3.63) is 138 Å². The largest absolute Gasteiger partial charge is 0.478 e. The molecule has 2 rings (SSSR count). The van der Waals surface area contributed by atoms with Crippen LogP contribution in [0.2, 0.25) is 5.02 Å². The van der Waals surface area contributed by atoms with Crippen molar-refractivity contribution in [2.75, 3.05) is 13.7 Å². The number of esters is 1. The Morgan fingerprint density at radius 1 is 0.709 bits per heavy atom. The van der Waals surface area contributed by atoms with Crippen LogP contribution >= 0.6 is 11.6 Å². The number of nitrogens with one attached hydrogen (secondary N) is 2. The lowest BCUT2D eigenvalue weighted by Crippen LogP contribution is -2.46. The van der Waals surface area contributed by atoms with Gasteiger partial charge in [0, 0.05) is 29.1 Å². The molecule has 0 heterocycles. The predicted molar refractivity (Wildman–Crippen MR) is 224 cm³/mol. The molecule has 2 N–H and O–H groups in total. The third kappa shape index (κ3) is 20.3. The summed E-state index contributed by atoms with van der Waals surface area (Å²) in [5, 5.41) is 6.22. The summed E-state index contributed by atoms with van der Waals surface area (Å²) < 4.78 is 10.8. The van der Waals surface area contributed by atoms with Crippen molar-refractivity contribution in [2.45, 2.75) is 103 Å². The van der Waals surface area contributed by atoms with Gasteiger partial charge in [0.15, 0.2) is 11.4 Å². The maximum atomic E-state index is 12.9. The summed E-state index contributed by atoms with van der Waals surface area (Å²) in [7, 11) is 1.30. The first-order valence-electron chi connectivity index (χ1n) is 19.2. The van der Waals surface area contributed by atoms with E-state index >= 15 is 0 Å². The number of rotatable bonds is 26. The van der Waals surface area contributed by atoms with Crippen LogP contribution in [0.3, 0.4) is 0 Å². The molecule has 0 aliphatic rings. The van der Waals surface area contributed by atoms with Crippen molar-refractivity contribution in [1.29, 1.82) is 0 Å². The number of halogens is 1. The zero-order valence-electron chi connectivity index (χ0n) is 32.9. The lowest BCUT2D eigenvalue weighted by molar-refractivity contribution is -0.145. The number of hydrogen-bond acceptors (Lipinski definition) is 6. The summed E-state index contributed by atoms with van der Waals surface area (Å²) in [5.74, 6) is -0.715. The maximum absolute atomic E-state index is 12.9. The number of carbonyl (C=O) groups is 4. The van der Waals surface area contributed by atoms with Crippen LogP contribution in [0.1, 0.15) is 107 Å². The first-order chi connectivity index (χ1) is 26.6. The molecule has 0 spiro atoms. The van der Waals surface area contributed by atoms with Crippen molar-refractivity contribution >= 4 is 35.2 Å². The number of hydrogen-bond donors (Lipinski definition) is 2. The number of benzene rings is 2. The minimum Gasteiger partial charge on any atom is -0.478 e. The molecule has 0 aliphatic heterocycles. The van der Waals surface area contributed by atoms with E-state index in [-0.39, 0.29) is 24.0 Å². The van der Waals surface area contributed by atoms with Gasteiger partial charge in [0.05, 0.1) is 7.11 Å². The summed E-state index contributed by atoms with van der Waals surface area (Å²) >= 11 is 5.92. The van der Waals surface area contributed by atoms with E-state index in [1.807, 2.05) is 12.2 Å². The number of ether oxygens (including phenoxy) is 2. The average Bonchev–Trinajstić information content (AvgIpc) is 3.18. The van der Waals surface area contributed by atoms with E-state index in [2.05, 4.69) is 78.3 Å². The minimum absolute atomic E-state index is 0.143. The van der Waals surface area contributed by atoms with Crippen LogP contribution in [-0.2, 0) is 19.1 Å². The molecule has 55 heavy (non-hydrogen) atoms. The van der Waals surface area contributed by atoms with Gasteiger partial charge in [0.1, 0.15) is 11.8 Å². The zero-order chi connectivity index (χ0) is 40.2. The number of amides is 2. The van der Waals surface area contributed by atoms with Gasteiger partial charge in [-0.25, -0.2) is 4.79 Å². The molecule has 2 aromatic carbocycles. The second-order valence-electron chi connectivity index (χ2n) is 13.3. The van der Waals surface area contributed by atoms with E-state index in [0.29, 0.717) is 54.1 Å². The van der Waals surface area contributed by atoms with Crippen molar-refractivity contribution in [3.8, 4) is 5.75 Å². The average molecular weight is 771 g/mol. The Hall–Kier alpha value is -4.95. The molecular formula is C46H59ClN2O6. The van der Waals surface area contributed by atoms with E-state index in [1.54, 1.807) is 62.4 Å². The van der Waals surface area contributed by atoms with E-state index in [0.717, 1.165) is 38.5 Å². The number of ketones is 1. The van der Waals surface area contributed by atoms with E-state index in [4.69, 9.17) is 21.1 Å². The molecule has 8 nitrogen and oxygen atoms in total. The molecular weight excluding hydrogens is 712 g/mol. The lowest BCUT2D eigenvalue weighted by Gasteiger charge is -2.25. The quantitative estimate of drug-likeness (QED) is 0.0427. The molecule has 296 valence electrons. The molecule has 2 amide bonds. The Morgan fingerprint density at radius 2 is 1.20 bits per heavy atom. The summed E-state index contributed by atoms with van der Waals surface area (Å²) in [6, 6.07) is 12.5. The molecule has 0 radical (unpaired) electrons. The highest BCUT2D eigenvalue weighted by molar-refractivity contribution is 6.30. The topological polar surface area (TPSA) is 111 Å². The van der Waals surface area contributed by atoms with E-state index in [9.17, 15) is 19.2 Å². The van der Waals surface area contributed by atoms with Crippen LogP contribution in [0.15, 0.2) is 121 Å². The van der Waals surface area contributed by atoms with Gasteiger partial charge in [-0.05, 0) is 127 Å². The summed E-state index contributed by atoms with van der Waals surface area (Å²) in [6.45, 7) is 5.83. The monoisotopic (exact) mass is 770 g/mol. The third-order valence-electron chi connectivity index (χ3n) is 8.30. The van der Waals surface area contributed by atoms with Gasteiger partial charge in [-0.3, -0.25) is 14.4 Å². The molecule has 0 aromatic heterocycles. The van der Waals surface area contributed by atoms with E-state index in [1.165, 1.54) is 7.11 Å². The highest BCUT2D eigenvalue weighted by Gasteiger charge is 2.30. The number of unbranched alkanes of at least 4 members (excludes halogenated alkanes) is 1. The lowest BCUT2D eigenvalue weighted by atomic mass is 10.0. The second-order valence-corrected chi connectivity index (χ2v) is 13.8. The number of methoxy groups -OCH3 is 1. The molecule has 0 bridgehead atoms. The standard InChI is InChI=1S/C46H59ClN2O6/c1-5-6-7-8-9-10-11-12-13-14-15-16-17-18-19-20-21-22-23-27-42(50)49-41(44(52)54-4)26-24-25-36-48-45(53)46(2,3)55-40-34-30-38(31-35-40)43(51)37-28-32-39(47)33-29-37/h6-7,9-10,12-13,15-16,18-19,21-22,28-35,41H,5,8,11,14,17,20,23-27,36H2,1-4H3,(H,48,53)(H,49,50)/b7-6-,10-9-,13-12-,16-15-,19-18-,22-21-. The van der Waals surface area contributed by atoms with Crippen LogP contribution in [-0.4, -0.2) is 48.9 Å². The van der Waals surface area contributed by atoms with Crippen molar-refractivity contribution < 1.29 is 28.7 Å². The Morgan fingerprint density at radius 3 is 1.71 bits per heavy atom. The molecule has 1 unspecified atom stereocenters. The molecule has 0 fully saturated rings. The van der Waals surface area contributed by atoms with Crippen molar-refractivity contribution in [2.24, 2.45) is 0 Å². The maximum Gasteiger partial charge on any atom is 0.328 e. The highest BCUT2D eigenvalue weighted by Crippen LogP contribution is 2.21. The first-order valence-corrected chi connectivity index (χ1v) is 19.6. The van der Waals surface area contributed by atoms with Gasteiger partial charge in [0.25, 0.3) is 5.91 Å². The molecule has 0 saturated carbocycles. The van der Waals surface area contributed by atoms with Crippen LogP contribution in [0.4, 0.5) is 0 Å². The van der Waals surface area contributed by atoms with Gasteiger partial charge in [-0.15, -0.1) is 0 Å². The third-order valence-corrected chi connectivity index (χ3v) is 8.56. The number of carbonyl (C=O) groups excluding carboxylic acids is 4. The Labute approximate surface area is 333 Å². The summed E-state index contributed by atoms with van der Waals surface area (Å²) in [6.07, 6.45) is 33.7. The van der Waals surface area contributed by atoms with Gasteiger partial charge in [-0.2, -0.15) is 0 Å². The predicted octanol–water partition coefficient (Wildman–Crippen LogP) is 10.2. The smallest absolute Gasteiger partial charge is 0.328 e. The highest BCUT2D eigenvalue weighted by atomic mass is 35.5. The van der Waals surface area contributed by atoms with Crippen LogP contribution in [0.5, 0.6) is 5.75 Å². The fourth-order valence-electron chi connectivity index (χ4n) is 5.18. The Kier molecular flexibility index (Phi) is 23.2. The minimum atomic E-state index is -1.17. The normalized spacial score (nSPS) is 12.7. The van der Waals surface area contributed by atoms with Gasteiger partial charge >= 0.3 is 5.97 Å². The molecule has 2 aromatic rings. The Bertz CT molecular complexity index is 1640. The second kappa shape index (κ2) is 27.6. The van der Waals surface area contributed by atoms with Gasteiger partial charge in [0.2, 0.25) is 5.91 Å². The van der Waals surface area contributed by atoms with Crippen molar-refractivity contribution in [1.82, 2.24) is 10.6 Å². The summed E-state index contributed by atoms with van der Waals surface area (Å²) in [5.41, 5.74) is -0.161.